The molecule has 0 spiro atoms. The highest BCUT2D eigenvalue weighted by atomic mass is 19.1. The van der Waals surface area contributed by atoms with Crippen LogP contribution in [-0.4, -0.2) is 89.6 Å². The lowest BCUT2D eigenvalue weighted by atomic mass is 9.88. The lowest BCUT2D eigenvalue weighted by molar-refractivity contribution is 0.00970. The quantitative estimate of drug-likeness (QED) is 0.525. The normalized spacial score (nSPS) is 19.8. The number of alkyl halides is 1. The summed E-state index contributed by atoms with van der Waals surface area (Å²) >= 11 is 0. The predicted octanol–water partition coefficient (Wildman–Crippen LogP) is 3.90. The molecular weight excluding hydrogens is 531 g/mol. The van der Waals surface area contributed by atoms with Crippen LogP contribution in [0.3, 0.4) is 0 Å². The van der Waals surface area contributed by atoms with Crippen LogP contribution in [-0.2, 0) is 4.74 Å². The molecule has 2 aliphatic rings. The minimum absolute atomic E-state index is 0.0549. The Kier molecular flexibility index (Phi) is 9.25. The zero-order chi connectivity index (χ0) is 29.7. The Bertz CT molecular complexity index is 1250. The molecule has 11 heteroatoms. The predicted molar refractivity (Wildman–Crippen MR) is 149 cm³/mol. The fraction of sp³-hybridized carbons (Fsp3) is 0.500. The van der Waals surface area contributed by atoms with Crippen molar-refractivity contribution in [1.29, 1.82) is 0 Å². The summed E-state index contributed by atoms with van der Waals surface area (Å²) in [6.45, 7) is 6.17. The number of likely N-dealkylation sites (tertiary alicyclic amines) is 2. The minimum Gasteiger partial charge on any atom is -0.497 e. The summed E-state index contributed by atoms with van der Waals surface area (Å²) in [6.07, 6.45) is 0.609. The number of rotatable bonds is 6. The molecule has 3 amide bonds. The number of benzene rings is 1. The lowest BCUT2D eigenvalue weighted by Gasteiger charge is -2.35. The van der Waals surface area contributed by atoms with Crippen LogP contribution in [0.5, 0.6) is 5.75 Å². The molecule has 3 heterocycles. The summed E-state index contributed by atoms with van der Waals surface area (Å²) < 4.78 is 25.2. The number of nitrogens with one attached hydrogen (secondary N) is 1. The van der Waals surface area contributed by atoms with Crippen molar-refractivity contribution in [3.05, 3.63) is 59.4 Å². The van der Waals surface area contributed by atoms with E-state index in [1.165, 1.54) is 23.2 Å². The van der Waals surface area contributed by atoms with E-state index < -0.39 is 29.8 Å². The number of carbonyl (C=O) groups is 4. The maximum absolute atomic E-state index is 14.8. The number of methoxy groups -OCH3 is 1. The van der Waals surface area contributed by atoms with Gasteiger partial charge in [-0.15, -0.1) is 0 Å². The Morgan fingerprint density at radius 2 is 1.56 bits per heavy atom. The second-order valence-corrected chi connectivity index (χ2v) is 11.4. The first-order chi connectivity index (χ1) is 19.4. The molecule has 0 radical (unpaired) electrons. The molecular formula is C30H37FN4O6. The van der Waals surface area contributed by atoms with E-state index in [-0.39, 0.29) is 48.4 Å². The van der Waals surface area contributed by atoms with Crippen molar-refractivity contribution in [2.24, 2.45) is 5.92 Å². The van der Waals surface area contributed by atoms with E-state index in [2.05, 4.69) is 10.3 Å². The number of halogens is 1. The minimum atomic E-state index is -1.45. The van der Waals surface area contributed by atoms with Gasteiger partial charge in [-0.05, 0) is 76.4 Å². The molecule has 2 saturated heterocycles. The molecule has 10 nitrogen and oxygen atoms in total. The van der Waals surface area contributed by atoms with Crippen LogP contribution in [0, 0.1) is 5.92 Å². The van der Waals surface area contributed by atoms with E-state index in [0.717, 1.165) is 0 Å². The van der Waals surface area contributed by atoms with Crippen molar-refractivity contribution >= 4 is 23.7 Å². The number of piperidine rings is 2. The Labute approximate surface area is 239 Å². The molecule has 0 bridgehead atoms. The van der Waals surface area contributed by atoms with Crippen LogP contribution in [0.15, 0.2) is 42.6 Å². The van der Waals surface area contributed by atoms with Crippen molar-refractivity contribution in [3.8, 4) is 5.75 Å². The fourth-order valence-corrected chi connectivity index (χ4v) is 4.96. The third kappa shape index (κ3) is 7.59. The van der Waals surface area contributed by atoms with Crippen molar-refractivity contribution < 1.29 is 33.0 Å². The van der Waals surface area contributed by atoms with Crippen LogP contribution in [0.4, 0.5) is 9.18 Å². The van der Waals surface area contributed by atoms with Crippen LogP contribution in [0.2, 0.25) is 0 Å². The number of ketones is 1. The van der Waals surface area contributed by atoms with E-state index in [1.807, 2.05) is 0 Å². The molecule has 1 aromatic carbocycles. The number of aromatic nitrogens is 1. The maximum atomic E-state index is 14.8. The van der Waals surface area contributed by atoms with E-state index in [0.29, 0.717) is 37.2 Å². The van der Waals surface area contributed by atoms with Gasteiger partial charge in [0.1, 0.15) is 23.2 Å². The average molecular weight is 569 g/mol. The Morgan fingerprint density at radius 3 is 2.12 bits per heavy atom. The first kappa shape index (κ1) is 30.0. The molecule has 1 aromatic heterocycles. The molecule has 220 valence electrons. The van der Waals surface area contributed by atoms with Crippen LogP contribution >= 0.6 is 0 Å². The Hall–Kier alpha value is -4.02. The SMILES string of the molecule is COc1ccc(C(=O)C2CCN(C(=O)c3ccc(C(=O)N[C@@H]4CCN(C(=O)OC(C)(C)C)C[C@H]4F)cn3)CC2)cc1. The number of Topliss-reactive ketones (excluding diaryl/α,β-unsaturated/α-hetero) is 1. The largest absolute Gasteiger partial charge is 0.497 e. The summed E-state index contributed by atoms with van der Waals surface area (Å²) in [5.41, 5.74) is 0.336. The third-order valence-corrected chi connectivity index (χ3v) is 7.28. The van der Waals surface area contributed by atoms with Crippen molar-refractivity contribution in [3.63, 3.8) is 0 Å². The smallest absolute Gasteiger partial charge is 0.410 e. The molecule has 41 heavy (non-hydrogen) atoms. The van der Waals surface area contributed by atoms with Crippen LogP contribution in [0.25, 0.3) is 0 Å². The van der Waals surface area contributed by atoms with Gasteiger partial charge in [-0.3, -0.25) is 19.4 Å². The van der Waals surface area contributed by atoms with Gasteiger partial charge in [-0.2, -0.15) is 0 Å². The zero-order valence-corrected chi connectivity index (χ0v) is 23.9. The van der Waals surface area contributed by atoms with E-state index >= 15 is 0 Å². The number of amides is 3. The lowest BCUT2D eigenvalue weighted by Crippen LogP contribution is -2.54. The van der Waals surface area contributed by atoms with Crippen molar-refractivity contribution in [2.45, 2.75) is 57.8 Å². The summed E-state index contributed by atoms with van der Waals surface area (Å²) in [5.74, 6) is -0.204. The number of pyridine rings is 1. The second kappa shape index (κ2) is 12.7. The van der Waals surface area contributed by atoms with Crippen molar-refractivity contribution in [1.82, 2.24) is 20.1 Å². The number of ether oxygens (including phenoxy) is 2. The Balaban J connectivity index is 1.26. The van der Waals surface area contributed by atoms with Gasteiger partial charge in [-0.1, -0.05) is 0 Å². The van der Waals surface area contributed by atoms with E-state index in [4.69, 9.17) is 9.47 Å². The summed E-state index contributed by atoms with van der Waals surface area (Å²) in [6, 6.07) is 9.22. The molecule has 1 N–H and O–H groups in total. The average Bonchev–Trinajstić information content (AvgIpc) is 2.96. The van der Waals surface area contributed by atoms with Gasteiger partial charge in [0.2, 0.25) is 0 Å². The number of nitrogens with zero attached hydrogens (tertiary/aromatic N) is 3. The molecule has 2 aliphatic heterocycles. The van der Waals surface area contributed by atoms with Gasteiger partial charge in [0.05, 0.1) is 25.3 Å². The number of hydrogen-bond acceptors (Lipinski definition) is 7. The zero-order valence-electron chi connectivity index (χ0n) is 23.9. The Morgan fingerprint density at radius 1 is 0.927 bits per heavy atom. The second-order valence-electron chi connectivity index (χ2n) is 11.4. The van der Waals surface area contributed by atoms with Gasteiger partial charge in [0.15, 0.2) is 5.78 Å². The number of carbonyl (C=O) groups excluding carboxylic acids is 4. The third-order valence-electron chi connectivity index (χ3n) is 7.28. The van der Waals surface area contributed by atoms with Gasteiger partial charge >= 0.3 is 6.09 Å². The summed E-state index contributed by atoms with van der Waals surface area (Å²) in [7, 11) is 1.57. The monoisotopic (exact) mass is 568 g/mol. The van der Waals surface area contributed by atoms with Crippen LogP contribution < -0.4 is 10.1 Å². The van der Waals surface area contributed by atoms with Gasteiger partial charge in [0, 0.05) is 37.3 Å². The first-order valence-corrected chi connectivity index (χ1v) is 13.8. The topological polar surface area (TPSA) is 118 Å². The number of hydrogen-bond donors (Lipinski definition) is 1. The van der Waals surface area contributed by atoms with E-state index in [9.17, 15) is 23.6 Å². The molecule has 2 atom stereocenters. The standard InChI is InChI=1S/C30H37FN4O6/c1-30(2,3)41-29(39)35-16-13-24(23(31)18-35)33-27(37)21-7-10-25(32-17-21)28(38)34-14-11-20(12-15-34)26(36)19-5-8-22(40-4)9-6-19/h5-10,17,20,23-24H,11-16,18H2,1-4H3,(H,33,37)/t23-,24-/m1/s1. The maximum Gasteiger partial charge on any atom is 0.410 e. The highest BCUT2D eigenvalue weighted by molar-refractivity contribution is 5.99. The summed E-state index contributed by atoms with van der Waals surface area (Å²) in [4.78, 5) is 58.0. The highest BCUT2D eigenvalue weighted by Gasteiger charge is 2.35. The van der Waals surface area contributed by atoms with Gasteiger partial charge in [0.25, 0.3) is 11.8 Å². The van der Waals surface area contributed by atoms with Gasteiger partial charge < -0.3 is 24.6 Å². The van der Waals surface area contributed by atoms with Gasteiger partial charge in [-0.25, -0.2) is 9.18 Å². The molecule has 0 aliphatic carbocycles. The van der Waals surface area contributed by atoms with Crippen molar-refractivity contribution in [2.75, 3.05) is 33.3 Å². The fourth-order valence-electron chi connectivity index (χ4n) is 4.96. The van der Waals surface area contributed by atoms with E-state index in [1.54, 1.807) is 57.0 Å². The molecule has 0 unspecified atom stereocenters. The molecule has 2 aromatic rings. The highest BCUT2D eigenvalue weighted by Crippen LogP contribution is 2.24. The molecule has 0 saturated carbocycles. The first-order valence-electron chi connectivity index (χ1n) is 13.8. The summed E-state index contributed by atoms with van der Waals surface area (Å²) in [5, 5.41) is 2.67. The van der Waals surface area contributed by atoms with Crippen LogP contribution in [0.1, 0.15) is 71.2 Å². The molecule has 2 fully saturated rings. The molecule has 4 rings (SSSR count).